The lowest BCUT2D eigenvalue weighted by molar-refractivity contribution is 0.0878. The van der Waals surface area contributed by atoms with Crippen LogP contribution in [0.25, 0.3) is 0 Å². The first-order valence-corrected chi connectivity index (χ1v) is 6.93. The van der Waals surface area contributed by atoms with Gasteiger partial charge in [-0.05, 0) is 24.5 Å². The third-order valence-corrected chi connectivity index (χ3v) is 3.04. The number of rotatable bonds is 7. The van der Waals surface area contributed by atoms with E-state index in [4.69, 9.17) is 21.4 Å². The van der Waals surface area contributed by atoms with Crippen molar-refractivity contribution in [2.75, 3.05) is 20.3 Å². The standard InChI is InChI=1S/C14H21ClN2O3/c1-9(2)12-6-10(7-13(15)17-12)14(19)16-11(4-5-18)8-20-3/h6-7,9,11,18H,4-5,8H2,1-3H3,(H,16,19). The van der Waals surface area contributed by atoms with E-state index >= 15 is 0 Å². The smallest absolute Gasteiger partial charge is 0.251 e. The molecule has 0 bridgehead atoms. The Morgan fingerprint density at radius 2 is 2.20 bits per heavy atom. The minimum absolute atomic E-state index is 0.0113. The first-order chi connectivity index (χ1) is 9.47. The van der Waals surface area contributed by atoms with Crippen LogP contribution in [-0.4, -0.2) is 42.4 Å². The topological polar surface area (TPSA) is 71.5 Å². The molecular weight excluding hydrogens is 280 g/mol. The van der Waals surface area contributed by atoms with Gasteiger partial charge in [-0.25, -0.2) is 4.98 Å². The molecule has 1 aromatic heterocycles. The Kier molecular flexibility index (Phi) is 6.91. The molecule has 6 heteroatoms. The van der Waals surface area contributed by atoms with Crippen LogP contribution in [0.15, 0.2) is 12.1 Å². The number of amides is 1. The average molecular weight is 301 g/mol. The zero-order valence-corrected chi connectivity index (χ0v) is 12.8. The van der Waals surface area contributed by atoms with Gasteiger partial charge in [-0.3, -0.25) is 4.79 Å². The molecule has 5 nitrogen and oxygen atoms in total. The number of aromatic nitrogens is 1. The number of carbonyl (C=O) groups excluding carboxylic acids is 1. The van der Waals surface area contributed by atoms with Gasteiger partial charge in [0.2, 0.25) is 0 Å². The summed E-state index contributed by atoms with van der Waals surface area (Å²) in [7, 11) is 1.55. The summed E-state index contributed by atoms with van der Waals surface area (Å²) >= 11 is 5.94. The van der Waals surface area contributed by atoms with E-state index in [0.717, 1.165) is 5.69 Å². The molecule has 1 heterocycles. The Labute approximate surface area is 124 Å². The van der Waals surface area contributed by atoms with E-state index < -0.39 is 0 Å². The van der Waals surface area contributed by atoms with Crippen molar-refractivity contribution in [3.05, 3.63) is 28.5 Å². The van der Waals surface area contributed by atoms with Gasteiger partial charge in [-0.1, -0.05) is 25.4 Å². The summed E-state index contributed by atoms with van der Waals surface area (Å²) in [5.41, 5.74) is 1.24. The molecule has 20 heavy (non-hydrogen) atoms. The van der Waals surface area contributed by atoms with Crippen molar-refractivity contribution in [2.24, 2.45) is 0 Å². The zero-order chi connectivity index (χ0) is 15.1. The van der Waals surface area contributed by atoms with E-state index in [1.54, 1.807) is 13.2 Å². The fourth-order valence-electron chi connectivity index (χ4n) is 1.77. The van der Waals surface area contributed by atoms with Gasteiger partial charge in [0.25, 0.3) is 5.91 Å². The molecule has 1 amide bonds. The van der Waals surface area contributed by atoms with Crippen molar-refractivity contribution >= 4 is 17.5 Å². The second-order valence-corrected chi connectivity index (χ2v) is 5.28. The molecule has 1 rings (SSSR count). The molecule has 0 aliphatic heterocycles. The number of hydrogen-bond donors (Lipinski definition) is 2. The van der Waals surface area contributed by atoms with Crippen LogP contribution in [0.5, 0.6) is 0 Å². The molecule has 0 radical (unpaired) electrons. The lowest BCUT2D eigenvalue weighted by Gasteiger charge is -2.17. The van der Waals surface area contributed by atoms with Crippen LogP contribution in [0, 0.1) is 0 Å². The van der Waals surface area contributed by atoms with Crippen molar-refractivity contribution < 1.29 is 14.6 Å². The molecule has 0 aliphatic rings. The molecule has 1 atom stereocenters. The van der Waals surface area contributed by atoms with E-state index in [2.05, 4.69) is 10.3 Å². The zero-order valence-electron chi connectivity index (χ0n) is 12.0. The number of pyridine rings is 1. The summed E-state index contributed by atoms with van der Waals surface area (Å²) in [6.07, 6.45) is 0.440. The van der Waals surface area contributed by atoms with Gasteiger partial charge in [-0.15, -0.1) is 0 Å². The van der Waals surface area contributed by atoms with E-state index in [9.17, 15) is 4.79 Å². The van der Waals surface area contributed by atoms with Crippen LogP contribution >= 0.6 is 11.6 Å². The van der Waals surface area contributed by atoms with E-state index in [1.165, 1.54) is 6.07 Å². The Morgan fingerprint density at radius 3 is 2.75 bits per heavy atom. The minimum atomic E-state index is -0.244. The fourth-order valence-corrected chi connectivity index (χ4v) is 1.98. The third kappa shape index (κ3) is 5.07. The summed E-state index contributed by atoms with van der Waals surface area (Å²) < 4.78 is 5.01. The number of aliphatic hydroxyl groups excluding tert-OH is 1. The number of carbonyl (C=O) groups is 1. The second kappa shape index (κ2) is 8.19. The highest BCUT2D eigenvalue weighted by Gasteiger charge is 2.15. The van der Waals surface area contributed by atoms with Gasteiger partial charge < -0.3 is 15.2 Å². The highest BCUT2D eigenvalue weighted by Crippen LogP contribution is 2.17. The molecule has 0 spiro atoms. The number of nitrogens with zero attached hydrogens (tertiary/aromatic N) is 1. The number of halogens is 1. The van der Waals surface area contributed by atoms with Crippen LogP contribution in [0.3, 0.4) is 0 Å². The Bertz CT molecular complexity index is 446. The summed E-state index contributed by atoms with van der Waals surface area (Å²) in [4.78, 5) is 16.4. The third-order valence-electron chi connectivity index (χ3n) is 2.85. The quantitative estimate of drug-likeness (QED) is 0.755. The van der Waals surface area contributed by atoms with Gasteiger partial charge in [-0.2, -0.15) is 0 Å². The number of methoxy groups -OCH3 is 1. The fraction of sp³-hybridized carbons (Fsp3) is 0.571. The minimum Gasteiger partial charge on any atom is -0.396 e. The Morgan fingerprint density at radius 1 is 1.50 bits per heavy atom. The molecule has 1 unspecified atom stereocenters. The predicted molar refractivity (Wildman–Crippen MR) is 78.2 cm³/mol. The van der Waals surface area contributed by atoms with E-state index in [0.29, 0.717) is 23.7 Å². The molecule has 0 saturated heterocycles. The maximum atomic E-state index is 12.2. The molecule has 0 fully saturated rings. The molecule has 2 N–H and O–H groups in total. The average Bonchev–Trinajstić information content (AvgIpc) is 2.38. The van der Waals surface area contributed by atoms with Crippen molar-refractivity contribution in [3.8, 4) is 0 Å². The van der Waals surface area contributed by atoms with Gasteiger partial charge in [0.15, 0.2) is 0 Å². The lowest BCUT2D eigenvalue weighted by atomic mass is 10.1. The van der Waals surface area contributed by atoms with Crippen LogP contribution in [0.4, 0.5) is 0 Å². The molecule has 0 aliphatic carbocycles. The number of nitrogens with one attached hydrogen (secondary N) is 1. The Hall–Kier alpha value is -1.17. The normalized spacial score (nSPS) is 12.5. The van der Waals surface area contributed by atoms with Crippen molar-refractivity contribution in [3.63, 3.8) is 0 Å². The molecule has 0 saturated carbocycles. The Balaban J connectivity index is 2.85. The predicted octanol–water partition coefficient (Wildman–Crippen LogP) is 1.99. The highest BCUT2D eigenvalue weighted by molar-refractivity contribution is 6.29. The molecule has 112 valence electrons. The van der Waals surface area contributed by atoms with E-state index in [-0.39, 0.29) is 24.5 Å². The van der Waals surface area contributed by atoms with Gasteiger partial charge in [0.1, 0.15) is 5.15 Å². The van der Waals surface area contributed by atoms with E-state index in [1.807, 2.05) is 13.8 Å². The molecular formula is C14H21ClN2O3. The van der Waals surface area contributed by atoms with Gasteiger partial charge >= 0.3 is 0 Å². The maximum Gasteiger partial charge on any atom is 0.251 e. The first-order valence-electron chi connectivity index (χ1n) is 6.56. The summed E-state index contributed by atoms with van der Waals surface area (Å²) in [6, 6.07) is 3.03. The number of hydrogen-bond acceptors (Lipinski definition) is 4. The van der Waals surface area contributed by atoms with Crippen LogP contribution in [-0.2, 0) is 4.74 Å². The highest BCUT2D eigenvalue weighted by atomic mass is 35.5. The SMILES string of the molecule is COCC(CCO)NC(=O)c1cc(Cl)nc(C(C)C)c1. The van der Waals surface area contributed by atoms with Gasteiger partial charge in [0.05, 0.1) is 12.6 Å². The summed E-state index contributed by atoms with van der Waals surface area (Å²) in [5.74, 6) is -0.0563. The largest absolute Gasteiger partial charge is 0.396 e. The molecule has 1 aromatic rings. The maximum absolute atomic E-state index is 12.2. The van der Waals surface area contributed by atoms with Crippen LogP contribution < -0.4 is 5.32 Å². The van der Waals surface area contributed by atoms with Crippen molar-refractivity contribution in [1.82, 2.24) is 10.3 Å². The number of aliphatic hydroxyl groups is 1. The second-order valence-electron chi connectivity index (χ2n) is 4.90. The monoisotopic (exact) mass is 300 g/mol. The summed E-state index contributed by atoms with van der Waals surface area (Å²) in [6.45, 7) is 4.31. The summed E-state index contributed by atoms with van der Waals surface area (Å²) in [5, 5.41) is 12.1. The lowest BCUT2D eigenvalue weighted by Crippen LogP contribution is -2.38. The first kappa shape index (κ1) is 16.9. The number of ether oxygens (including phenoxy) is 1. The van der Waals surface area contributed by atoms with Crippen molar-refractivity contribution in [1.29, 1.82) is 0 Å². The van der Waals surface area contributed by atoms with Crippen LogP contribution in [0.2, 0.25) is 5.15 Å². The molecule has 0 aromatic carbocycles. The van der Waals surface area contributed by atoms with Crippen molar-refractivity contribution in [2.45, 2.75) is 32.2 Å². The van der Waals surface area contributed by atoms with Crippen LogP contribution in [0.1, 0.15) is 42.2 Å². The van der Waals surface area contributed by atoms with Gasteiger partial charge in [0, 0.05) is 25.0 Å².